The largest absolute Gasteiger partial charge is 0.480 e. The number of nitrogens with two attached hydrogens (primary N) is 1. The zero-order valence-corrected chi connectivity index (χ0v) is 42.2. The highest BCUT2D eigenvalue weighted by Gasteiger charge is 2.27. The monoisotopic (exact) mass is 934 g/mol. The normalized spacial score (nSPS) is 14.3. The van der Waals surface area contributed by atoms with Gasteiger partial charge >= 0.3 is 19.8 Å². The number of allylic oxidation sites excluding steroid dienone is 12. The van der Waals surface area contributed by atoms with Gasteiger partial charge in [-0.25, -0.2) is 4.57 Å². The summed E-state index contributed by atoms with van der Waals surface area (Å²) < 4.78 is 33.5. The summed E-state index contributed by atoms with van der Waals surface area (Å²) >= 11 is 0. The van der Waals surface area contributed by atoms with Gasteiger partial charge in [0.1, 0.15) is 12.1 Å². The summed E-state index contributed by atoms with van der Waals surface area (Å²) in [5, 5.41) is 8.93. The van der Waals surface area contributed by atoms with Crippen molar-refractivity contribution in [2.45, 2.75) is 231 Å². The van der Waals surface area contributed by atoms with Gasteiger partial charge in [0.15, 0.2) is 0 Å². The molecular formula is C54H96NO9P. The smallest absolute Gasteiger partial charge is 0.472 e. The van der Waals surface area contributed by atoms with Crippen LogP contribution in [0.25, 0.3) is 0 Å². The van der Waals surface area contributed by atoms with Gasteiger partial charge in [-0.3, -0.25) is 18.6 Å². The maximum absolute atomic E-state index is 12.7. The van der Waals surface area contributed by atoms with Crippen molar-refractivity contribution in [1.82, 2.24) is 0 Å². The van der Waals surface area contributed by atoms with Crippen LogP contribution in [0.2, 0.25) is 0 Å². The number of carbonyl (C=O) groups excluding carboxylic acids is 1. The van der Waals surface area contributed by atoms with E-state index in [1.54, 1.807) is 0 Å². The van der Waals surface area contributed by atoms with Crippen LogP contribution in [0.15, 0.2) is 72.9 Å². The van der Waals surface area contributed by atoms with E-state index in [-0.39, 0.29) is 13.0 Å². The number of unbranched alkanes of at least 4 members (excludes halogenated alkanes) is 23. The molecule has 0 aromatic rings. The van der Waals surface area contributed by atoms with Crippen LogP contribution in [-0.2, 0) is 32.7 Å². The third kappa shape index (κ3) is 49.1. The van der Waals surface area contributed by atoms with Crippen molar-refractivity contribution in [3.05, 3.63) is 72.9 Å². The number of carboxylic acids is 1. The number of carbonyl (C=O) groups is 2. The molecule has 0 heterocycles. The molecule has 0 aliphatic heterocycles. The molecule has 0 aromatic carbocycles. The maximum Gasteiger partial charge on any atom is 0.472 e. The molecule has 0 amide bonds. The molecule has 376 valence electrons. The quantitative estimate of drug-likeness (QED) is 0.0232. The second kappa shape index (κ2) is 49.3. The minimum absolute atomic E-state index is 0.00725. The van der Waals surface area contributed by atoms with Crippen molar-refractivity contribution < 1.29 is 42.7 Å². The minimum Gasteiger partial charge on any atom is -0.480 e. The molecule has 0 saturated heterocycles. The summed E-state index contributed by atoms with van der Waals surface area (Å²) in [5.41, 5.74) is 5.38. The van der Waals surface area contributed by atoms with Gasteiger partial charge in [0, 0.05) is 13.0 Å². The molecular weight excluding hydrogens is 838 g/mol. The van der Waals surface area contributed by atoms with Crippen LogP contribution in [0, 0.1) is 0 Å². The van der Waals surface area contributed by atoms with Crippen LogP contribution in [0.4, 0.5) is 0 Å². The van der Waals surface area contributed by atoms with Crippen molar-refractivity contribution in [3.63, 3.8) is 0 Å². The molecule has 0 aliphatic carbocycles. The average Bonchev–Trinajstić information content (AvgIpc) is 3.29. The molecule has 11 heteroatoms. The Morgan fingerprint density at radius 2 is 0.892 bits per heavy atom. The van der Waals surface area contributed by atoms with Gasteiger partial charge in [-0.2, -0.15) is 0 Å². The van der Waals surface area contributed by atoms with Gasteiger partial charge in [-0.05, 0) is 83.5 Å². The Labute approximate surface area is 397 Å². The number of phosphoric acid groups is 1. The second-order valence-electron chi connectivity index (χ2n) is 17.3. The lowest BCUT2D eigenvalue weighted by Gasteiger charge is -2.20. The zero-order valence-electron chi connectivity index (χ0n) is 41.3. The Balaban J connectivity index is 4.15. The lowest BCUT2D eigenvalue weighted by molar-refractivity contribution is -0.154. The van der Waals surface area contributed by atoms with E-state index >= 15 is 0 Å². The lowest BCUT2D eigenvalue weighted by Crippen LogP contribution is -2.34. The number of phosphoric ester groups is 1. The maximum atomic E-state index is 12.7. The fourth-order valence-corrected chi connectivity index (χ4v) is 7.76. The van der Waals surface area contributed by atoms with Crippen molar-refractivity contribution in [2.75, 3.05) is 26.4 Å². The Morgan fingerprint density at radius 3 is 1.34 bits per heavy atom. The Kier molecular flexibility index (Phi) is 47.4. The molecule has 0 rings (SSSR count). The number of rotatable bonds is 49. The molecule has 0 aromatic heterocycles. The predicted octanol–water partition coefficient (Wildman–Crippen LogP) is 15.3. The van der Waals surface area contributed by atoms with Crippen LogP contribution in [0.1, 0.15) is 219 Å². The first-order valence-corrected chi connectivity index (χ1v) is 27.5. The summed E-state index contributed by atoms with van der Waals surface area (Å²) in [7, 11) is -4.63. The van der Waals surface area contributed by atoms with Crippen molar-refractivity contribution >= 4 is 19.8 Å². The van der Waals surface area contributed by atoms with Crippen LogP contribution in [0.5, 0.6) is 0 Å². The van der Waals surface area contributed by atoms with E-state index in [2.05, 4.69) is 86.8 Å². The summed E-state index contributed by atoms with van der Waals surface area (Å²) in [6.07, 6.45) is 62.4. The van der Waals surface area contributed by atoms with Crippen LogP contribution >= 0.6 is 7.82 Å². The summed E-state index contributed by atoms with van der Waals surface area (Å²) in [5.74, 6) is -1.79. The average molecular weight is 934 g/mol. The fourth-order valence-electron chi connectivity index (χ4n) is 6.98. The topological polar surface area (TPSA) is 155 Å². The Bertz CT molecular complexity index is 1310. The van der Waals surface area contributed by atoms with Crippen molar-refractivity contribution in [2.24, 2.45) is 5.73 Å². The molecule has 0 radical (unpaired) electrons. The molecule has 3 unspecified atom stereocenters. The third-order valence-corrected chi connectivity index (χ3v) is 11.9. The Hall–Kier alpha value is -2.59. The number of ether oxygens (including phenoxy) is 2. The number of aliphatic carboxylic acids is 1. The summed E-state index contributed by atoms with van der Waals surface area (Å²) in [6.45, 7) is 3.75. The van der Waals surface area contributed by atoms with Gasteiger partial charge in [0.2, 0.25) is 0 Å². The fraction of sp³-hybridized carbons (Fsp3) is 0.741. The van der Waals surface area contributed by atoms with Crippen molar-refractivity contribution in [3.8, 4) is 0 Å². The number of carboxylic acid groups (broad SMARTS) is 1. The van der Waals surface area contributed by atoms with E-state index < -0.39 is 45.1 Å². The number of esters is 1. The highest BCUT2D eigenvalue weighted by atomic mass is 31.2. The third-order valence-electron chi connectivity index (χ3n) is 11.0. The number of hydrogen-bond acceptors (Lipinski definition) is 8. The Morgan fingerprint density at radius 1 is 0.508 bits per heavy atom. The predicted molar refractivity (Wildman–Crippen MR) is 272 cm³/mol. The first kappa shape index (κ1) is 62.4. The first-order valence-electron chi connectivity index (χ1n) is 26.0. The van der Waals surface area contributed by atoms with Gasteiger partial charge in [-0.1, -0.05) is 202 Å². The van der Waals surface area contributed by atoms with Crippen LogP contribution in [-0.4, -0.2) is 60.5 Å². The van der Waals surface area contributed by atoms with E-state index in [4.69, 9.17) is 29.4 Å². The molecule has 0 fully saturated rings. The van der Waals surface area contributed by atoms with Crippen LogP contribution in [0.3, 0.4) is 0 Å². The SMILES string of the molecule is CC/C=C\C/C=C\C/C=C\C/C=C\CCCCCCCCC(=O)OC(COCCCCCCCCCCCCCC/C=C\C/C=C\CCCCCCC)COP(=O)(O)OCC(N)C(=O)O. The lowest BCUT2D eigenvalue weighted by atomic mass is 10.0. The highest BCUT2D eigenvalue weighted by molar-refractivity contribution is 7.47. The summed E-state index contributed by atoms with van der Waals surface area (Å²) in [6, 6.07) is -1.48. The van der Waals surface area contributed by atoms with Crippen LogP contribution < -0.4 is 5.73 Å². The van der Waals surface area contributed by atoms with Gasteiger partial charge in [0.05, 0.1) is 19.8 Å². The van der Waals surface area contributed by atoms with E-state index in [0.29, 0.717) is 13.0 Å². The first-order chi connectivity index (χ1) is 31.7. The molecule has 4 N–H and O–H groups in total. The molecule has 0 spiro atoms. The van der Waals surface area contributed by atoms with E-state index in [0.717, 1.165) is 89.9 Å². The van der Waals surface area contributed by atoms with Gasteiger partial charge in [-0.15, -0.1) is 0 Å². The molecule has 0 bridgehead atoms. The second-order valence-corrected chi connectivity index (χ2v) is 18.7. The van der Waals surface area contributed by atoms with Crippen molar-refractivity contribution in [1.29, 1.82) is 0 Å². The number of hydrogen-bond donors (Lipinski definition) is 3. The molecule has 0 saturated carbocycles. The van der Waals surface area contributed by atoms with Gasteiger partial charge < -0.3 is 25.2 Å². The molecule has 10 nitrogen and oxygen atoms in total. The molecule has 3 atom stereocenters. The van der Waals surface area contributed by atoms with Gasteiger partial charge in [0.25, 0.3) is 0 Å². The van der Waals surface area contributed by atoms with E-state index in [1.165, 1.54) is 103 Å². The molecule has 0 aliphatic rings. The summed E-state index contributed by atoms with van der Waals surface area (Å²) in [4.78, 5) is 33.7. The van der Waals surface area contributed by atoms with E-state index in [9.17, 15) is 19.0 Å². The minimum atomic E-state index is -4.63. The standard InChI is InChI=1S/C54H96NO9P/c1-3-5-7-9-11-13-15-17-19-21-23-24-25-26-27-29-31-33-35-37-39-41-43-45-47-61-48-51(49-62-65(59,60)63-50-52(55)54(57)58)64-53(56)46-44-42-40-38-36-34-32-30-28-22-20-18-16-14-12-10-8-6-4-2/h6,8,12,14-15,17-18,20-21,23,28,30,51-52H,3-5,7,9-11,13,16,19,22,24-27,29,31-50,55H2,1-2H3,(H,57,58)(H,59,60)/b8-6-,14-12-,17-15-,20-18-,23-21-,30-28-. The van der Waals surface area contributed by atoms with E-state index in [1.807, 2.05) is 0 Å². The molecule has 65 heavy (non-hydrogen) atoms. The zero-order chi connectivity index (χ0) is 47.6. The highest BCUT2D eigenvalue weighted by Crippen LogP contribution is 2.43.